The summed E-state index contributed by atoms with van der Waals surface area (Å²) < 4.78 is 5.16. The van der Waals surface area contributed by atoms with Gasteiger partial charge in [0.2, 0.25) is 0 Å². The van der Waals surface area contributed by atoms with Gasteiger partial charge in [0.25, 0.3) is 0 Å². The maximum atomic E-state index is 11.6. The summed E-state index contributed by atoms with van der Waals surface area (Å²) >= 11 is 6.12. The van der Waals surface area contributed by atoms with Crippen molar-refractivity contribution in [3.05, 3.63) is 28.8 Å². The molecule has 19 heavy (non-hydrogen) atoms. The lowest BCUT2D eigenvalue weighted by Crippen LogP contribution is -2.27. The average Bonchev–Trinajstić information content (AvgIpc) is 2.18. The zero-order valence-corrected chi connectivity index (χ0v) is 12.5. The molecule has 106 valence electrons. The van der Waals surface area contributed by atoms with Crippen molar-refractivity contribution in [3.8, 4) is 0 Å². The largest absolute Gasteiger partial charge is 0.444 e. The zero-order valence-electron chi connectivity index (χ0n) is 11.8. The van der Waals surface area contributed by atoms with E-state index in [1.54, 1.807) is 32.9 Å². The molecule has 0 aliphatic heterocycles. The number of hydrogen-bond acceptors (Lipinski definition) is 3. The number of carbonyl (C=O) groups is 1. The van der Waals surface area contributed by atoms with Gasteiger partial charge >= 0.3 is 6.09 Å². The summed E-state index contributed by atoms with van der Waals surface area (Å²) in [6, 6.07) is 5.52. The Morgan fingerprint density at radius 3 is 2.58 bits per heavy atom. The highest BCUT2D eigenvalue weighted by molar-refractivity contribution is 6.33. The van der Waals surface area contributed by atoms with E-state index < -0.39 is 11.7 Å². The third kappa shape index (κ3) is 5.94. The fourth-order valence-corrected chi connectivity index (χ4v) is 1.82. The molecule has 5 heteroatoms. The molecule has 1 amide bonds. The fraction of sp³-hybridized carbons (Fsp3) is 0.500. The van der Waals surface area contributed by atoms with Gasteiger partial charge < -0.3 is 10.5 Å². The van der Waals surface area contributed by atoms with Crippen LogP contribution in [0.5, 0.6) is 0 Å². The van der Waals surface area contributed by atoms with E-state index in [0.29, 0.717) is 10.7 Å². The van der Waals surface area contributed by atoms with Gasteiger partial charge in [-0.2, -0.15) is 0 Å². The van der Waals surface area contributed by atoms with Crippen molar-refractivity contribution in [2.24, 2.45) is 5.73 Å². The number of ether oxygens (including phenoxy) is 1. The van der Waals surface area contributed by atoms with Gasteiger partial charge in [0, 0.05) is 6.04 Å². The number of nitrogens with one attached hydrogen (secondary N) is 1. The molecule has 0 aliphatic rings. The molecule has 1 rings (SSSR count). The van der Waals surface area contributed by atoms with Crippen LogP contribution >= 0.6 is 11.6 Å². The van der Waals surface area contributed by atoms with Crippen LogP contribution < -0.4 is 11.1 Å². The first-order valence-corrected chi connectivity index (χ1v) is 6.59. The zero-order chi connectivity index (χ0) is 14.6. The van der Waals surface area contributed by atoms with Crippen molar-refractivity contribution in [1.29, 1.82) is 0 Å². The first kappa shape index (κ1) is 15.8. The Morgan fingerprint density at radius 1 is 1.47 bits per heavy atom. The van der Waals surface area contributed by atoms with Crippen molar-refractivity contribution >= 4 is 23.4 Å². The topological polar surface area (TPSA) is 64.3 Å². The maximum absolute atomic E-state index is 11.6. The Morgan fingerprint density at radius 2 is 2.11 bits per heavy atom. The second-order valence-electron chi connectivity index (χ2n) is 5.62. The van der Waals surface area contributed by atoms with Gasteiger partial charge in [-0.3, -0.25) is 5.32 Å². The summed E-state index contributed by atoms with van der Waals surface area (Å²) in [4.78, 5) is 11.6. The van der Waals surface area contributed by atoms with E-state index in [9.17, 15) is 4.79 Å². The second-order valence-corrected chi connectivity index (χ2v) is 6.03. The monoisotopic (exact) mass is 284 g/mol. The molecule has 0 unspecified atom stereocenters. The lowest BCUT2D eigenvalue weighted by molar-refractivity contribution is 0.0636. The molecule has 0 aliphatic carbocycles. The minimum absolute atomic E-state index is 0.0701. The summed E-state index contributed by atoms with van der Waals surface area (Å²) in [7, 11) is 0. The quantitative estimate of drug-likeness (QED) is 0.892. The highest BCUT2D eigenvalue weighted by atomic mass is 35.5. The minimum atomic E-state index is -0.536. The molecular weight excluding hydrogens is 264 g/mol. The third-order valence-corrected chi connectivity index (χ3v) is 2.54. The number of hydrogen-bond donors (Lipinski definition) is 2. The number of nitrogens with two attached hydrogens (primary N) is 1. The smallest absolute Gasteiger partial charge is 0.412 e. The molecule has 1 aromatic carbocycles. The summed E-state index contributed by atoms with van der Waals surface area (Å²) in [5.41, 5.74) is 6.76. The van der Waals surface area contributed by atoms with Crippen LogP contribution in [0.4, 0.5) is 10.5 Å². The first-order chi connectivity index (χ1) is 8.67. The molecule has 0 bridgehead atoms. The molecule has 0 spiro atoms. The van der Waals surface area contributed by atoms with Crippen LogP contribution in [-0.4, -0.2) is 17.7 Å². The molecule has 0 saturated heterocycles. The summed E-state index contributed by atoms with van der Waals surface area (Å²) in [5.74, 6) is 0. The first-order valence-electron chi connectivity index (χ1n) is 6.21. The SMILES string of the molecule is C[C@@H](N)Cc1ccc(NC(=O)OC(C)(C)C)c(Cl)c1. The van der Waals surface area contributed by atoms with Crippen LogP contribution in [0.3, 0.4) is 0 Å². The Bertz CT molecular complexity index is 453. The fourth-order valence-electron chi connectivity index (χ4n) is 1.57. The van der Waals surface area contributed by atoms with Crippen molar-refractivity contribution in [1.82, 2.24) is 0 Å². The number of amides is 1. The summed E-state index contributed by atoms with van der Waals surface area (Å²) in [5, 5.41) is 3.10. The number of carbonyl (C=O) groups excluding carboxylic acids is 1. The molecular formula is C14H21ClN2O2. The third-order valence-electron chi connectivity index (χ3n) is 2.23. The minimum Gasteiger partial charge on any atom is -0.444 e. The van der Waals surface area contributed by atoms with E-state index in [1.165, 1.54) is 0 Å². The Hall–Kier alpha value is -1.26. The van der Waals surface area contributed by atoms with E-state index in [0.717, 1.165) is 12.0 Å². The van der Waals surface area contributed by atoms with Gasteiger partial charge in [-0.1, -0.05) is 17.7 Å². The van der Waals surface area contributed by atoms with Crippen molar-refractivity contribution < 1.29 is 9.53 Å². The standard InChI is InChI=1S/C14H21ClN2O2/c1-9(16)7-10-5-6-12(11(15)8-10)17-13(18)19-14(2,3)4/h5-6,8-9H,7,16H2,1-4H3,(H,17,18)/t9-/m1/s1. The average molecular weight is 285 g/mol. The predicted octanol–water partition coefficient (Wildman–Crippen LogP) is 3.58. The van der Waals surface area contributed by atoms with E-state index in [2.05, 4.69) is 5.32 Å². The maximum Gasteiger partial charge on any atom is 0.412 e. The molecule has 0 heterocycles. The lowest BCUT2D eigenvalue weighted by atomic mass is 10.1. The molecule has 0 saturated carbocycles. The molecule has 1 atom stereocenters. The summed E-state index contributed by atoms with van der Waals surface area (Å²) in [6.07, 6.45) is 0.223. The number of halogens is 1. The normalized spacial score (nSPS) is 12.9. The van der Waals surface area contributed by atoms with Gasteiger partial charge in [-0.25, -0.2) is 4.79 Å². The van der Waals surface area contributed by atoms with Crippen LogP contribution in [-0.2, 0) is 11.2 Å². The van der Waals surface area contributed by atoms with Gasteiger partial charge in [0.1, 0.15) is 5.60 Å². The van der Waals surface area contributed by atoms with Crippen LogP contribution in [0, 0.1) is 0 Å². The molecule has 1 aromatic rings. The molecule has 3 N–H and O–H groups in total. The van der Waals surface area contributed by atoms with Gasteiger partial charge in [-0.05, 0) is 51.8 Å². The second kappa shape index (κ2) is 6.26. The van der Waals surface area contributed by atoms with Crippen molar-refractivity contribution in [3.63, 3.8) is 0 Å². The molecule has 0 aromatic heterocycles. The van der Waals surface area contributed by atoms with E-state index in [-0.39, 0.29) is 6.04 Å². The van der Waals surface area contributed by atoms with Crippen LogP contribution in [0.2, 0.25) is 5.02 Å². The van der Waals surface area contributed by atoms with Crippen molar-refractivity contribution in [2.45, 2.75) is 45.8 Å². The predicted molar refractivity (Wildman–Crippen MR) is 78.7 cm³/mol. The number of anilines is 1. The van der Waals surface area contributed by atoms with Crippen LogP contribution in [0.15, 0.2) is 18.2 Å². The highest BCUT2D eigenvalue weighted by Gasteiger charge is 2.17. The van der Waals surface area contributed by atoms with Crippen LogP contribution in [0.25, 0.3) is 0 Å². The van der Waals surface area contributed by atoms with Gasteiger partial charge in [-0.15, -0.1) is 0 Å². The highest BCUT2D eigenvalue weighted by Crippen LogP contribution is 2.24. The van der Waals surface area contributed by atoms with Crippen LogP contribution in [0.1, 0.15) is 33.3 Å². The Kier molecular flexibility index (Phi) is 5.20. The summed E-state index contributed by atoms with van der Waals surface area (Å²) in [6.45, 7) is 7.35. The van der Waals surface area contributed by atoms with E-state index in [4.69, 9.17) is 22.1 Å². The lowest BCUT2D eigenvalue weighted by Gasteiger charge is -2.20. The Labute approximate surface area is 119 Å². The molecule has 0 radical (unpaired) electrons. The molecule has 0 fully saturated rings. The number of benzene rings is 1. The Balaban J connectivity index is 2.72. The van der Waals surface area contributed by atoms with E-state index in [1.807, 2.05) is 13.0 Å². The van der Waals surface area contributed by atoms with E-state index >= 15 is 0 Å². The molecule has 4 nitrogen and oxygen atoms in total. The number of rotatable bonds is 3. The van der Waals surface area contributed by atoms with Gasteiger partial charge in [0.15, 0.2) is 0 Å². The van der Waals surface area contributed by atoms with Crippen molar-refractivity contribution in [2.75, 3.05) is 5.32 Å². The van der Waals surface area contributed by atoms with Gasteiger partial charge in [0.05, 0.1) is 10.7 Å².